The maximum atomic E-state index is 12.4. The van der Waals surface area contributed by atoms with Gasteiger partial charge in [0.2, 0.25) is 5.91 Å². The molecule has 0 saturated heterocycles. The van der Waals surface area contributed by atoms with Gasteiger partial charge in [-0.3, -0.25) is 14.2 Å². The zero-order valence-corrected chi connectivity index (χ0v) is 20.5. The van der Waals surface area contributed by atoms with Crippen LogP contribution in [0.4, 0.5) is 11.4 Å². The van der Waals surface area contributed by atoms with Crippen molar-refractivity contribution in [3.8, 4) is 5.69 Å². The summed E-state index contributed by atoms with van der Waals surface area (Å²) in [5, 5.41) is 15.8. The van der Waals surface area contributed by atoms with Crippen LogP contribution in [0.25, 0.3) is 5.69 Å². The Morgan fingerprint density at radius 1 is 0.914 bits per heavy atom. The molecule has 4 aromatic rings. The van der Waals surface area contributed by atoms with Gasteiger partial charge < -0.3 is 10.6 Å². The molecule has 0 unspecified atom stereocenters. The Kier molecular flexibility index (Phi) is 7.95. The topological polar surface area (TPSA) is 88.9 Å². The molecule has 0 atom stereocenters. The minimum atomic E-state index is -0.0970. The van der Waals surface area contributed by atoms with Gasteiger partial charge in [-0.2, -0.15) is 0 Å². The Morgan fingerprint density at radius 3 is 2.40 bits per heavy atom. The van der Waals surface area contributed by atoms with Crippen LogP contribution in [0.3, 0.4) is 0 Å². The minimum absolute atomic E-state index is 0.00439. The third-order valence-corrected chi connectivity index (χ3v) is 6.25. The van der Waals surface area contributed by atoms with E-state index in [0.717, 1.165) is 22.4 Å². The molecule has 1 heterocycles. The maximum absolute atomic E-state index is 12.4. The van der Waals surface area contributed by atoms with E-state index in [1.165, 1.54) is 24.2 Å². The van der Waals surface area contributed by atoms with Gasteiger partial charge in [-0.1, -0.05) is 42.1 Å². The Morgan fingerprint density at radius 2 is 1.69 bits per heavy atom. The smallest absolute Gasteiger partial charge is 0.225 e. The van der Waals surface area contributed by atoms with Crippen LogP contribution in [-0.4, -0.2) is 32.2 Å². The summed E-state index contributed by atoms with van der Waals surface area (Å²) in [6.07, 6.45) is 0.317. The predicted octanol–water partition coefficient (Wildman–Crippen LogP) is 5.51. The van der Waals surface area contributed by atoms with E-state index in [0.29, 0.717) is 30.0 Å². The van der Waals surface area contributed by atoms with Gasteiger partial charge in [0, 0.05) is 34.8 Å². The number of carbonyl (C=O) groups excluding carboxylic acids is 2. The van der Waals surface area contributed by atoms with E-state index in [1.54, 1.807) is 24.3 Å². The fourth-order valence-electron chi connectivity index (χ4n) is 3.53. The molecular formula is C27H27N5O2S. The van der Waals surface area contributed by atoms with Crippen molar-refractivity contribution < 1.29 is 9.59 Å². The summed E-state index contributed by atoms with van der Waals surface area (Å²) in [6.45, 7) is 4.09. The summed E-state index contributed by atoms with van der Waals surface area (Å²) in [5.41, 5.74) is 4.46. The van der Waals surface area contributed by atoms with Crippen LogP contribution in [-0.2, 0) is 11.3 Å². The van der Waals surface area contributed by atoms with Gasteiger partial charge >= 0.3 is 0 Å². The number of nitrogens with zero attached hydrogens (tertiary/aromatic N) is 3. The second-order valence-corrected chi connectivity index (χ2v) is 9.14. The van der Waals surface area contributed by atoms with Crippen molar-refractivity contribution in [2.24, 2.45) is 0 Å². The van der Waals surface area contributed by atoms with Gasteiger partial charge in [0.05, 0.1) is 6.54 Å². The zero-order chi connectivity index (χ0) is 24.6. The molecule has 7 nitrogen and oxygen atoms in total. The highest BCUT2D eigenvalue weighted by atomic mass is 32.2. The molecule has 8 heteroatoms. The fourth-order valence-corrected chi connectivity index (χ4v) is 4.44. The van der Waals surface area contributed by atoms with E-state index in [9.17, 15) is 9.59 Å². The van der Waals surface area contributed by atoms with Gasteiger partial charge in [-0.15, -0.1) is 10.2 Å². The molecule has 2 N–H and O–H groups in total. The number of para-hydroxylation sites is 1. The number of aryl methyl sites for hydroxylation is 1. The lowest BCUT2D eigenvalue weighted by Gasteiger charge is -2.12. The molecule has 35 heavy (non-hydrogen) atoms. The molecule has 0 aliphatic rings. The summed E-state index contributed by atoms with van der Waals surface area (Å²) in [4.78, 5) is 23.8. The number of anilines is 2. The number of hydrogen-bond acceptors (Lipinski definition) is 6. The molecule has 178 valence electrons. The number of aromatic nitrogens is 3. The first-order valence-corrected chi connectivity index (χ1v) is 12.3. The number of benzene rings is 3. The zero-order valence-electron chi connectivity index (χ0n) is 19.7. The van der Waals surface area contributed by atoms with Crippen molar-refractivity contribution in [1.29, 1.82) is 0 Å². The van der Waals surface area contributed by atoms with E-state index >= 15 is 0 Å². The van der Waals surface area contributed by atoms with Crippen LogP contribution in [0.1, 0.15) is 35.1 Å². The van der Waals surface area contributed by atoms with Gasteiger partial charge in [0.1, 0.15) is 0 Å². The van der Waals surface area contributed by atoms with Crippen LogP contribution < -0.4 is 10.6 Å². The summed E-state index contributed by atoms with van der Waals surface area (Å²) in [6, 6.07) is 25.0. The van der Waals surface area contributed by atoms with E-state index in [1.807, 2.05) is 47.0 Å². The van der Waals surface area contributed by atoms with E-state index in [-0.39, 0.29) is 11.7 Å². The number of hydrogen-bond donors (Lipinski definition) is 2. The molecule has 1 aromatic heterocycles. The minimum Gasteiger partial charge on any atom is -0.378 e. The molecule has 0 bridgehead atoms. The van der Waals surface area contributed by atoms with Crippen molar-refractivity contribution >= 4 is 34.8 Å². The highest BCUT2D eigenvalue weighted by Gasteiger charge is 2.15. The van der Waals surface area contributed by atoms with E-state index in [2.05, 4.69) is 39.9 Å². The molecule has 0 saturated carbocycles. The molecule has 1 amide bonds. The fraction of sp³-hybridized carbons (Fsp3) is 0.185. The van der Waals surface area contributed by atoms with Crippen molar-refractivity contribution in [2.75, 3.05) is 16.4 Å². The maximum Gasteiger partial charge on any atom is 0.225 e. The molecule has 0 fully saturated rings. The van der Waals surface area contributed by atoms with Crippen molar-refractivity contribution in [3.63, 3.8) is 0 Å². The largest absolute Gasteiger partial charge is 0.378 e. The van der Waals surface area contributed by atoms with Gasteiger partial charge in [-0.05, 0) is 67.9 Å². The van der Waals surface area contributed by atoms with Gasteiger partial charge in [0.25, 0.3) is 0 Å². The Balaban J connectivity index is 1.40. The molecule has 0 radical (unpaired) electrons. The number of amides is 1. The lowest BCUT2D eigenvalue weighted by atomic mass is 10.1. The molecule has 3 aromatic carbocycles. The number of thioether (sulfide) groups is 1. The lowest BCUT2D eigenvalue weighted by molar-refractivity contribution is -0.115. The van der Waals surface area contributed by atoms with Crippen LogP contribution in [0.15, 0.2) is 84.0 Å². The third kappa shape index (κ3) is 6.58. The average Bonchev–Trinajstić information content (AvgIpc) is 3.26. The van der Waals surface area contributed by atoms with Crippen LogP contribution in [0.2, 0.25) is 0 Å². The summed E-state index contributed by atoms with van der Waals surface area (Å²) < 4.78 is 2.02. The number of rotatable bonds is 10. The molecular weight excluding hydrogens is 458 g/mol. The number of ketones is 1. The third-order valence-electron chi connectivity index (χ3n) is 5.32. The first kappa shape index (κ1) is 24.2. The van der Waals surface area contributed by atoms with Crippen LogP contribution in [0, 0.1) is 6.92 Å². The Labute approximate surface area is 209 Å². The number of nitrogens with one attached hydrogen (secondary N) is 2. The van der Waals surface area contributed by atoms with Crippen molar-refractivity contribution in [3.05, 3.63) is 95.8 Å². The first-order chi connectivity index (χ1) is 17.0. The molecule has 4 rings (SSSR count). The standard InChI is InChI=1S/C27H27N5O2S/c1-19-7-6-8-23(17-19)28-18-25-30-31-27(32(25)24-9-4-3-5-10-24)35-16-15-26(34)29-22-13-11-21(12-14-22)20(2)33/h3-14,17,28H,15-16,18H2,1-2H3,(H,29,34). The highest BCUT2D eigenvalue weighted by Crippen LogP contribution is 2.24. The summed E-state index contributed by atoms with van der Waals surface area (Å²) in [5.74, 6) is 1.24. The lowest BCUT2D eigenvalue weighted by Crippen LogP contribution is -2.12. The SMILES string of the molecule is CC(=O)c1ccc(NC(=O)CCSc2nnc(CNc3cccc(C)c3)n2-c2ccccc2)cc1. The van der Waals surface area contributed by atoms with E-state index in [4.69, 9.17) is 0 Å². The summed E-state index contributed by atoms with van der Waals surface area (Å²) in [7, 11) is 0. The average molecular weight is 486 g/mol. The van der Waals surface area contributed by atoms with Crippen LogP contribution >= 0.6 is 11.8 Å². The van der Waals surface area contributed by atoms with Gasteiger partial charge in [-0.25, -0.2) is 0 Å². The predicted molar refractivity (Wildman–Crippen MR) is 140 cm³/mol. The number of Topliss-reactive ketones (excluding diaryl/α,β-unsaturated/α-hetero) is 1. The Bertz CT molecular complexity index is 1300. The first-order valence-electron chi connectivity index (χ1n) is 11.3. The van der Waals surface area contributed by atoms with Crippen molar-refractivity contribution in [1.82, 2.24) is 14.8 Å². The quantitative estimate of drug-likeness (QED) is 0.227. The highest BCUT2D eigenvalue weighted by molar-refractivity contribution is 7.99. The van der Waals surface area contributed by atoms with Crippen LogP contribution in [0.5, 0.6) is 0 Å². The normalized spacial score (nSPS) is 10.7. The second-order valence-electron chi connectivity index (χ2n) is 8.07. The second kappa shape index (κ2) is 11.5. The molecule has 0 aliphatic carbocycles. The van der Waals surface area contributed by atoms with Gasteiger partial charge in [0.15, 0.2) is 16.8 Å². The monoisotopic (exact) mass is 485 g/mol. The van der Waals surface area contributed by atoms with E-state index < -0.39 is 0 Å². The summed E-state index contributed by atoms with van der Waals surface area (Å²) >= 11 is 1.49. The Hall–Kier alpha value is -3.91. The molecule has 0 spiro atoms. The number of carbonyl (C=O) groups is 2. The molecule has 0 aliphatic heterocycles. The van der Waals surface area contributed by atoms with Crippen molar-refractivity contribution in [2.45, 2.75) is 32.0 Å².